The molecule has 5 heteroatoms. The van der Waals surface area contributed by atoms with E-state index >= 15 is 0 Å². The smallest absolute Gasteiger partial charge is 0.407 e. The molecule has 2 rings (SSSR count). The zero-order chi connectivity index (χ0) is 16.2. The second-order valence-corrected chi connectivity index (χ2v) is 6.86. The summed E-state index contributed by atoms with van der Waals surface area (Å²) in [4.78, 5) is 11.8. The first-order valence-corrected chi connectivity index (χ1v) is 7.83. The lowest BCUT2D eigenvalue weighted by Crippen LogP contribution is -2.43. The van der Waals surface area contributed by atoms with Crippen LogP contribution >= 0.6 is 0 Å². The Morgan fingerprint density at radius 3 is 2.45 bits per heavy atom. The number of hydrogen-bond donors (Lipinski definition) is 2. The molecule has 1 aliphatic rings. The highest BCUT2D eigenvalue weighted by Gasteiger charge is 2.25. The summed E-state index contributed by atoms with van der Waals surface area (Å²) in [5.41, 5.74) is 0.425. The van der Waals surface area contributed by atoms with E-state index in [2.05, 4.69) is 10.6 Å². The number of alkyl carbamates (subject to hydrolysis) is 1. The summed E-state index contributed by atoms with van der Waals surface area (Å²) in [5, 5.41) is 6.34. The van der Waals surface area contributed by atoms with Crippen LogP contribution in [0.2, 0.25) is 0 Å². The van der Waals surface area contributed by atoms with E-state index in [9.17, 15) is 9.18 Å². The normalized spacial score (nSPS) is 22.0. The van der Waals surface area contributed by atoms with E-state index in [0.29, 0.717) is 0 Å². The third kappa shape index (κ3) is 5.54. The van der Waals surface area contributed by atoms with Crippen LogP contribution in [0.1, 0.15) is 46.5 Å². The number of carbonyl (C=O) groups is 1. The first kappa shape index (κ1) is 16.6. The van der Waals surface area contributed by atoms with Crippen molar-refractivity contribution in [2.45, 2.75) is 64.1 Å². The Morgan fingerprint density at radius 1 is 1.18 bits per heavy atom. The number of hydrogen-bond acceptors (Lipinski definition) is 3. The monoisotopic (exact) mass is 308 g/mol. The molecule has 1 aromatic carbocycles. The predicted molar refractivity (Wildman–Crippen MR) is 85.4 cm³/mol. The maximum absolute atomic E-state index is 12.9. The minimum absolute atomic E-state index is 0.113. The molecule has 2 unspecified atom stereocenters. The molecular weight excluding hydrogens is 283 g/mol. The Kier molecular flexibility index (Phi) is 5.27. The summed E-state index contributed by atoms with van der Waals surface area (Å²) in [6.07, 6.45) is 3.53. The van der Waals surface area contributed by atoms with Crippen LogP contribution in [0.3, 0.4) is 0 Å². The number of anilines is 1. The van der Waals surface area contributed by atoms with Gasteiger partial charge in [-0.05, 0) is 70.7 Å². The molecule has 1 saturated carbocycles. The zero-order valence-corrected chi connectivity index (χ0v) is 13.5. The van der Waals surface area contributed by atoms with Crippen molar-refractivity contribution in [3.63, 3.8) is 0 Å². The van der Waals surface area contributed by atoms with E-state index in [1.54, 1.807) is 12.1 Å². The van der Waals surface area contributed by atoms with Gasteiger partial charge in [0.05, 0.1) is 0 Å². The van der Waals surface area contributed by atoms with Gasteiger partial charge in [-0.2, -0.15) is 0 Å². The molecule has 22 heavy (non-hydrogen) atoms. The van der Waals surface area contributed by atoms with Crippen LogP contribution in [0.15, 0.2) is 24.3 Å². The lowest BCUT2D eigenvalue weighted by Gasteiger charge is -2.31. The fourth-order valence-electron chi connectivity index (χ4n) is 2.71. The van der Waals surface area contributed by atoms with Crippen LogP contribution in [-0.4, -0.2) is 23.8 Å². The van der Waals surface area contributed by atoms with Crippen molar-refractivity contribution in [1.82, 2.24) is 5.32 Å². The van der Waals surface area contributed by atoms with Gasteiger partial charge in [-0.1, -0.05) is 0 Å². The molecule has 122 valence electrons. The number of ether oxygens (including phenoxy) is 1. The Hall–Kier alpha value is -1.78. The second-order valence-electron chi connectivity index (χ2n) is 6.86. The van der Waals surface area contributed by atoms with Gasteiger partial charge in [0.1, 0.15) is 11.4 Å². The highest BCUT2D eigenvalue weighted by atomic mass is 19.1. The Balaban J connectivity index is 1.83. The molecular formula is C17H25FN2O2. The van der Waals surface area contributed by atoms with Crippen LogP contribution in [0.5, 0.6) is 0 Å². The zero-order valence-electron chi connectivity index (χ0n) is 13.5. The molecule has 0 aromatic heterocycles. The van der Waals surface area contributed by atoms with Gasteiger partial charge in [0, 0.05) is 17.8 Å². The molecule has 0 heterocycles. The molecule has 1 fully saturated rings. The second kappa shape index (κ2) is 6.99. The third-order valence-electron chi connectivity index (χ3n) is 3.61. The SMILES string of the molecule is CC(C)(C)OC(=O)NC1CCCC(Nc2ccc(F)cc2)C1. The van der Waals surface area contributed by atoms with E-state index in [1.807, 2.05) is 20.8 Å². The fourth-order valence-corrected chi connectivity index (χ4v) is 2.71. The molecule has 4 nitrogen and oxygen atoms in total. The molecule has 1 aliphatic carbocycles. The predicted octanol–water partition coefficient (Wildman–Crippen LogP) is 4.07. The topological polar surface area (TPSA) is 50.4 Å². The molecule has 0 saturated heterocycles. The fraction of sp³-hybridized carbons (Fsp3) is 0.588. The Labute approximate surface area is 131 Å². The van der Waals surface area contributed by atoms with Gasteiger partial charge >= 0.3 is 6.09 Å². The highest BCUT2D eigenvalue weighted by Crippen LogP contribution is 2.23. The first-order valence-electron chi connectivity index (χ1n) is 7.83. The number of rotatable bonds is 3. The van der Waals surface area contributed by atoms with Gasteiger partial charge in [0.25, 0.3) is 0 Å². The van der Waals surface area contributed by atoms with Gasteiger partial charge in [-0.15, -0.1) is 0 Å². The van der Waals surface area contributed by atoms with E-state index in [0.717, 1.165) is 31.4 Å². The standard InChI is InChI=1S/C17H25FN2O2/c1-17(2,3)22-16(21)20-15-6-4-5-14(11-15)19-13-9-7-12(18)8-10-13/h7-10,14-15,19H,4-6,11H2,1-3H3,(H,20,21). The van der Waals surface area contributed by atoms with E-state index in [4.69, 9.17) is 4.74 Å². The summed E-state index contributed by atoms with van der Waals surface area (Å²) < 4.78 is 18.2. The average Bonchev–Trinajstić information content (AvgIpc) is 2.39. The number of benzene rings is 1. The van der Waals surface area contributed by atoms with E-state index in [-0.39, 0.29) is 24.0 Å². The minimum atomic E-state index is -0.482. The highest BCUT2D eigenvalue weighted by molar-refractivity contribution is 5.68. The van der Waals surface area contributed by atoms with Crippen molar-refractivity contribution >= 4 is 11.8 Å². The number of carbonyl (C=O) groups excluding carboxylic acids is 1. The van der Waals surface area contributed by atoms with E-state index in [1.165, 1.54) is 12.1 Å². The summed E-state index contributed by atoms with van der Waals surface area (Å²) in [6.45, 7) is 5.56. The molecule has 2 N–H and O–H groups in total. The van der Waals surface area contributed by atoms with Crippen LogP contribution < -0.4 is 10.6 Å². The molecule has 0 bridgehead atoms. The lowest BCUT2D eigenvalue weighted by atomic mass is 9.91. The molecule has 2 atom stereocenters. The summed E-state index contributed by atoms with van der Waals surface area (Å²) >= 11 is 0. The van der Waals surface area contributed by atoms with Crippen molar-refractivity contribution in [1.29, 1.82) is 0 Å². The molecule has 0 spiro atoms. The third-order valence-corrected chi connectivity index (χ3v) is 3.61. The van der Waals surface area contributed by atoms with Crippen molar-refractivity contribution in [3.8, 4) is 0 Å². The van der Waals surface area contributed by atoms with Gasteiger partial charge in [-0.3, -0.25) is 0 Å². The van der Waals surface area contributed by atoms with Gasteiger partial charge in [0.2, 0.25) is 0 Å². The number of nitrogens with one attached hydrogen (secondary N) is 2. The summed E-state index contributed by atoms with van der Waals surface area (Å²) in [6, 6.07) is 6.75. The summed E-state index contributed by atoms with van der Waals surface area (Å²) in [7, 11) is 0. The molecule has 0 aliphatic heterocycles. The van der Waals surface area contributed by atoms with Crippen LogP contribution in [0, 0.1) is 5.82 Å². The van der Waals surface area contributed by atoms with E-state index < -0.39 is 5.60 Å². The Bertz CT molecular complexity index is 496. The first-order chi connectivity index (χ1) is 10.3. The maximum Gasteiger partial charge on any atom is 0.407 e. The Morgan fingerprint density at radius 2 is 1.82 bits per heavy atom. The molecule has 0 radical (unpaired) electrons. The molecule has 1 amide bonds. The number of amides is 1. The van der Waals surface area contributed by atoms with Crippen molar-refractivity contribution in [2.75, 3.05) is 5.32 Å². The van der Waals surface area contributed by atoms with Crippen LogP contribution in [-0.2, 0) is 4.74 Å². The van der Waals surface area contributed by atoms with Gasteiger partial charge < -0.3 is 15.4 Å². The maximum atomic E-state index is 12.9. The van der Waals surface area contributed by atoms with Crippen LogP contribution in [0.4, 0.5) is 14.9 Å². The van der Waals surface area contributed by atoms with Gasteiger partial charge in [-0.25, -0.2) is 9.18 Å². The van der Waals surface area contributed by atoms with Crippen molar-refractivity contribution in [3.05, 3.63) is 30.1 Å². The summed E-state index contributed by atoms with van der Waals surface area (Å²) in [5.74, 6) is -0.237. The number of halogens is 1. The molecule has 1 aromatic rings. The van der Waals surface area contributed by atoms with Crippen LogP contribution in [0.25, 0.3) is 0 Å². The largest absolute Gasteiger partial charge is 0.444 e. The van der Waals surface area contributed by atoms with Gasteiger partial charge in [0.15, 0.2) is 0 Å². The quantitative estimate of drug-likeness (QED) is 0.885. The average molecular weight is 308 g/mol. The minimum Gasteiger partial charge on any atom is -0.444 e. The van der Waals surface area contributed by atoms with Crippen molar-refractivity contribution in [2.24, 2.45) is 0 Å². The lowest BCUT2D eigenvalue weighted by molar-refractivity contribution is 0.0492. The van der Waals surface area contributed by atoms with Crippen molar-refractivity contribution < 1.29 is 13.9 Å².